The van der Waals surface area contributed by atoms with Crippen molar-refractivity contribution in [3.05, 3.63) is 76.4 Å². The van der Waals surface area contributed by atoms with E-state index in [-0.39, 0.29) is 23.5 Å². The van der Waals surface area contributed by atoms with Crippen LogP contribution in [0.1, 0.15) is 16.5 Å². The largest absolute Gasteiger partial charge is 0.461 e. The van der Waals surface area contributed by atoms with E-state index in [1.54, 1.807) is 35.1 Å². The Kier molecular flexibility index (Phi) is 5.77. The van der Waals surface area contributed by atoms with Gasteiger partial charge in [-0.3, -0.25) is 4.79 Å². The first-order chi connectivity index (χ1) is 14.1. The Morgan fingerprint density at radius 1 is 1.24 bits per heavy atom. The number of carbonyl (C=O) groups is 1. The maximum Gasteiger partial charge on any atom is 0.231 e. The van der Waals surface area contributed by atoms with Crippen molar-refractivity contribution >= 4 is 29.0 Å². The van der Waals surface area contributed by atoms with E-state index in [2.05, 4.69) is 15.5 Å². The lowest BCUT2D eigenvalue weighted by atomic mass is 10.1. The topological polar surface area (TPSA) is 73.0 Å². The fourth-order valence-electron chi connectivity index (χ4n) is 2.82. The Bertz CT molecular complexity index is 1080. The minimum absolute atomic E-state index is 0.153. The molecular weight excluding hydrogens is 411 g/mol. The molecule has 3 heterocycles. The average Bonchev–Trinajstić information content (AvgIpc) is 3.48. The van der Waals surface area contributed by atoms with Crippen LogP contribution in [0.5, 0.6) is 0 Å². The average molecular weight is 429 g/mol. The molecule has 1 amide bonds. The van der Waals surface area contributed by atoms with Crippen molar-refractivity contribution in [1.82, 2.24) is 20.1 Å². The summed E-state index contributed by atoms with van der Waals surface area (Å²) in [5, 5.41) is 13.9. The third-order valence-corrected chi connectivity index (χ3v) is 6.20. The van der Waals surface area contributed by atoms with Crippen LogP contribution in [0.4, 0.5) is 4.39 Å². The predicted octanol–water partition coefficient (Wildman–Crippen LogP) is 4.27. The molecule has 0 radical (unpaired) electrons. The number of halogens is 1. The molecule has 0 aliphatic heterocycles. The first-order valence-corrected chi connectivity index (χ1v) is 10.6. The monoisotopic (exact) mass is 428 g/mol. The van der Waals surface area contributed by atoms with Gasteiger partial charge in [0.1, 0.15) is 5.82 Å². The number of carbonyl (C=O) groups excluding carboxylic acids is 1. The van der Waals surface area contributed by atoms with Gasteiger partial charge >= 0.3 is 0 Å². The summed E-state index contributed by atoms with van der Waals surface area (Å²) in [4.78, 5) is 13.6. The number of hydrogen-bond acceptors (Lipinski definition) is 6. The Balaban J connectivity index is 1.44. The molecule has 1 aromatic carbocycles. The highest BCUT2D eigenvalue weighted by Crippen LogP contribution is 2.27. The van der Waals surface area contributed by atoms with Crippen LogP contribution in [0.25, 0.3) is 11.6 Å². The van der Waals surface area contributed by atoms with Gasteiger partial charge < -0.3 is 14.3 Å². The summed E-state index contributed by atoms with van der Waals surface area (Å²) in [6.45, 7) is 0. The second-order valence-electron chi connectivity index (χ2n) is 6.20. The van der Waals surface area contributed by atoms with E-state index in [0.29, 0.717) is 16.7 Å². The van der Waals surface area contributed by atoms with Crippen LogP contribution in [0.3, 0.4) is 0 Å². The van der Waals surface area contributed by atoms with Crippen molar-refractivity contribution < 1.29 is 13.6 Å². The number of thioether (sulfide) groups is 1. The van der Waals surface area contributed by atoms with Crippen LogP contribution in [-0.4, -0.2) is 26.4 Å². The number of furan rings is 1. The summed E-state index contributed by atoms with van der Waals surface area (Å²) in [5.74, 6) is 0.925. The normalized spacial score (nSPS) is 12.1. The highest BCUT2D eigenvalue weighted by atomic mass is 32.2. The molecule has 1 N–H and O–H groups in total. The molecule has 4 aromatic rings. The van der Waals surface area contributed by atoms with Crippen molar-refractivity contribution in [2.45, 2.75) is 11.2 Å². The van der Waals surface area contributed by atoms with Crippen molar-refractivity contribution in [2.75, 3.05) is 5.75 Å². The molecule has 0 fully saturated rings. The summed E-state index contributed by atoms with van der Waals surface area (Å²) in [5.41, 5.74) is 0.825. The predicted molar refractivity (Wildman–Crippen MR) is 110 cm³/mol. The number of hydrogen-bond donors (Lipinski definition) is 1. The standard InChI is InChI=1S/C20H17FN4O2S2/c1-25-19(15-4-2-10-27-15)23-24-20(25)29-12-17(26)22-18(16-5-3-11-28-16)13-6-8-14(21)9-7-13/h2-11,18H,12H2,1H3,(H,22,26)/t18-/m0/s1. The molecule has 6 nitrogen and oxygen atoms in total. The first-order valence-electron chi connectivity index (χ1n) is 8.76. The molecule has 0 saturated carbocycles. The molecule has 148 valence electrons. The van der Waals surface area contributed by atoms with Crippen LogP contribution >= 0.6 is 23.1 Å². The van der Waals surface area contributed by atoms with Crippen molar-refractivity contribution in [2.24, 2.45) is 7.05 Å². The molecule has 0 spiro atoms. The van der Waals surface area contributed by atoms with Gasteiger partial charge in [-0.2, -0.15) is 0 Å². The molecule has 4 rings (SSSR count). The van der Waals surface area contributed by atoms with Gasteiger partial charge in [0, 0.05) is 11.9 Å². The second kappa shape index (κ2) is 8.62. The summed E-state index contributed by atoms with van der Waals surface area (Å²) in [6, 6.07) is 13.3. The lowest BCUT2D eigenvalue weighted by molar-refractivity contribution is -0.119. The maximum absolute atomic E-state index is 13.3. The van der Waals surface area contributed by atoms with Crippen LogP contribution in [0, 0.1) is 5.82 Å². The zero-order chi connectivity index (χ0) is 20.2. The molecule has 9 heteroatoms. The van der Waals surface area contributed by atoms with Gasteiger partial charge in [-0.15, -0.1) is 21.5 Å². The number of thiophene rings is 1. The van der Waals surface area contributed by atoms with Crippen molar-refractivity contribution in [3.8, 4) is 11.6 Å². The maximum atomic E-state index is 13.3. The molecule has 0 aliphatic rings. The molecule has 0 saturated heterocycles. The van der Waals surface area contributed by atoms with Crippen LogP contribution in [0.2, 0.25) is 0 Å². The quantitative estimate of drug-likeness (QED) is 0.445. The minimum Gasteiger partial charge on any atom is -0.461 e. The van der Waals surface area contributed by atoms with E-state index in [0.717, 1.165) is 10.4 Å². The fourth-order valence-corrected chi connectivity index (χ4v) is 4.35. The van der Waals surface area contributed by atoms with Crippen LogP contribution in [0.15, 0.2) is 69.7 Å². The van der Waals surface area contributed by atoms with Crippen molar-refractivity contribution in [3.63, 3.8) is 0 Å². The zero-order valence-electron chi connectivity index (χ0n) is 15.4. The van der Waals surface area contributed by atoms with Gasteiger partial charge in [0.15, 0.2) is 16.7 Å². The molecule has 29 heavy (non-hydrogen) atoms. The molecule has 0 bridgehead atoms. The fraction of sp³-hybridized carbons (Fsp3) is 0.150. The van der Waals surface area contributed by atoms with E-state index >= 15 is 0 Å². The van der Waals surface area contributed by atoms with E-state index in [4.69, 9.17) is 4.42 Å². The van der Waals surface area contributed by atoms with E-state index in [1.807, 2.05) is 24.6 Å². The lowest BCUT2D eigenvalue weighted by Crippen LogP contribution is -2.30. The Labute approximate surface area is 174 Å². The molecule has 0 unspecified atom stereocenters. The number of aromatic nitrogens is 3. The number of nitrogens with zero attached hydrogens (tertiary/aromatic N) is 3. The summed E-state index contributed by atoms with van der Waals surface area (Å²) >= 11 is 2.83. The Morgan fingerprint density at radius 3 is 2.76 bits per heavy atom. The van der Waals surface area contributed by atoms with Gasteiger partial charge in [0.25, 0.3) is 0 Å². The lowest BCUT2D eigenvalue weighted by Gasteiger charge is -2.18. The van der Waals surface area contributed by atoms with E-state index < -0.39 is 0 Å². The van der Waals surface area contributed by atoms with E-state index in [1.165, 1.54) is 35.2 Å². The highest BCUT2D eigenvalue weighted by molar-refractivity contribution is 7.99. The number of amides is 1. The number of rotatable bonds is 7. The molecule has 1 atom stereocenters. The molecular formula is C20H17FN4O2S2. The first kappa shape index (κ1) is 19.4. The number of benzene rings is 1. The Hall–Kier alpha value is -2.91. The SMILES string of the molecule is Cn1c(SCC(=O)N[C@@H](c2ccc(F)cc2)c2cccs2)nnc1-c1ccco1. The third-order valence-electron chi connectivity index (χ3n) is 4.25. The zero-order valence-corrected chi connectivity index (χ0v) is 17.0. The van der Waals surface area contributed by atoms with Gasteiger partial charge in [-0.05, 0) is 41.3 Å². The van der Waals surface area contributed by atoms with Gasteiger partial charge in [-0.1, -0.05) is 30.0 Å². The molecule has 3 aromatic heterocycles. The summed E-state index contributed by atoms with van der Waals surface area (Å²) in [6.07, 6.45) is 1.57. The molecule has 0 aliphatic carbocycles. The van der Waals surface area contributed by atoms with Gasteiger partial charge in [0.05, 0.1) is 18.1 Å². The summed E-state index contributed by atoms with van der Waals surface area (Å²) in [7, 11) is 1.82. The third kappa shape index (κ3) is 4.41. The minimum atomic E-state index is -0.332. The second-order valence-corrected chi connectivity index (χ2v) is 8.12. The van der Waals surface area contributed by atoms with Crippen molar-refractivity contribution in [1.29, 1.82) is 0 Å². The van der Waals surface area contributed by atoms with Crippen LogP contribution < -0.4 is 5.32 Å². The Morgan fingerprint density at radius 2 is 2.07 bits per heavy atom. The van der Waals surface area contributed by atoms with Gasteiger partial charge in [0.2, 0.25) is 5.91 Å². The summed E-state index contributed by atoms with van der Waals surface area (Å²) < 4.78 is 20.4. The smallest absolute Gasteiger partial charge is 0.231 e. The number of nitrogens with one attached hydrogen (secondary N) is 1. The highest BCUT2D eigenvalue weighted by Gasteiger charge is 2.19. The van der Waals surface area contributed by atoms with Gasteiger partial charge in [-0.25, -0.2) is 4.39 Å². The van der Waals surface area contributed by atoms with Crippen LogP contribution in [-0.2, 0) is 11.8 Å². The van der Waals surface area contributed by atoms with E-state index in [9.17, 15) is 9.18 Å².